The second-order valence-electron chi connectivity index (χ2n) is 7.32. The number of benzene rings is 2. The molecule has 0 spiro atoms. The zero-order valence-corrected chi connectivity index (χ0v) is 16.5. The molecule has 6 heteroatoms. The summed E-state index contributed by atoms with van der Waals surface area (Å²) in [6.45, 7) is 1.02. The van der Waals surface area contributed by atoms with Gasteiger partial charge >= 0.3 is 0 Å². The number of anilines is 1. The SMILES string of the molecule is O=C(Nc1ccncc1)c1ccc(CNC(=O)c2ccccc2OCC2CC2)cc1. The van der Waals surface area contributed by atoms with Crippen LogP contribution in [-0.2, 0) is 6.54 Å². The quantitative estimate of drug-likeness (QED) is 0.597. The fourth-order valence-corrected chi connectivity index (χ4v) is 2.96. The van der Waals surface area contributed by atoms with E-state index in [4.69, 9.17) is 4.74 Å². The first-order chi connectivity index (χ1) is 14.7. The molecule has 1 heterocycles. The Morgan fingerprint density at radius 1 is 0.933 bits per heavy atom. The third-order valence-corrected chi connectivity index (χ3v) is 4.91. The van der Waals surface area contributed by atoms with E-state index in [9.17, 15) is 9.59 Å². The van der Waals surface area contributed by atoms with Gasteiger partial charge in [-0.25, -0.2) is 0 Å². The molecule has 2 N–H and O–H groups in total. The molecule has 30 heavy (non-hydrogen) atoms. The van der Waals surface area contributed by atoms with Crippen molar-refractivity contribution in [3.8, 4) is 5.75 Å². The number of carbonyl (C=O) groups is 2. The third-order valence-electron chi connectivity index (χ3n) is 4.91. The number of carbonyl (C=O) groups excluding carboxylic acids is 2. The monoisotopic (exact) mass is 401 g/mol. The van der Waals surface area contributed by atoms with Crippen LogP contribution in [0.25, 0.3) is 0 Å². The molecule has 2 amide bonds. The Morgan fingerprint density at radius 2 is 1.67 bits per heavy atom. The highest BCUT2D eigenvalue weighted by Gasteiger charge is 2.23. The van der Waals surface area contributed by atoms with Gasteiger partial charge in [0.15, 0.2) is 0 Å². The first-order valence-corrected chi connectivity index (χ1v) is 9.99. The molecule has 1 saturated carbocycles. The Hall–Kier alpha value is -3.67. The summed E-state index contributed by atoms with van der Waals surface area (Å²) in [6.07, 6.45) is 5.64. The highest BCUT2D eigenvalue weighted by atomic mass is 16.5. The fraction of sp³-hybridized carbons (Fsp3) is 0.208. The van der Waals surface area contributed by atoms with Crippen LogP contribution in [0.1, 0.15) is 39.1 Å². The summed E-state index contributed by atoms with van der Waals surface area (Å²) >= 11 is 0. The highest BCUT2D eigenvalue weighted by molar-refractivity contribution is 6.04. The van der Waals surface area contributed by atoms with E-state index in [-0.39, 0.29) is 11.8 Å². The van der Waals surface area contributed by atoms with Crippen LogP contribution >= 0.6 is 0 Å². The van der Waals surface area contributed by atoms with E-state index in [1.54, 1.807) is 42.7 Å². The summed E-state index contributed by atoms with van der Waals surface area (Å²) in [6, 6.07) is 17.9. The number of rotatable bonds is 8. The van der Waals surface area contributed by atoms with Crippen LogP contribution in [-0.4, -0.2) is 23.4 Å². The first-order valence-electron chi connectivity index (χ1n) is 9.99. The lowest BCUT2D eigenvalue weighted by Crippen LogP contribution is -2.23. The predicted molar refractivity (Wildman–Crippen MR) is 114 cm³/mol. The van der Waals surface area contributed by atoms with Crippen molar-refractivity contribution in [3.05, 3.63) is 89.7 Å². The third kappa shape index (κ3) is 5.23. The number of nitrogens with zero attached hydrogens (tertiary/aromatic N) is 1. The van der Waals surface area contributed by atoms with Crippen LogP contribution in [0.3, 0.4) is 0 Å². The minimum absolute atomic E-state index is 0.180. The summed E-state index contributed by atoms with van der Waals surface area (Å²) in [4.78, 5) is 28.9. The van der Waals surface area contributed by atoms with E-state index in [0.29, 0.717) is 41.6 Å². The molecule has 6 nitrogen and oxygen atoms in total. The molecule has 0 atom stereocenters. The van der Waals surface area contributed by atoms with Gasteiger partial charge in [-0.15, -0.1) is 0 Å². The Kier molecular flexibility index (Phi) is 6.03. The van der Waals surface area contributed by atoms with Crippen LogP contribution < -0.4 is 15.4 Å². The number of hydrogen-bond donors (Lipinski definition) is 2. The van der Waals surface area contributed by atoms with Crippen molar-refractivity contribution < 1.29 is 14.3 Å². The zero-order chi connectivity index (χ0) is 20.8. The lowest BCUT2D eigenvalue weighted by atomic mass is 10.1. The smallest absolute Gasteiger partial charge is 0.255 e. The summed E-state index contributed by atoms with van der Waals surface area (Å²) < 4.78 is 5.82. The van der Waals surface area contributed by atoms with E-state index < -0.39 is 0 Å². The van der Waals surface area contributed by atoms with Gasteiger partial charge in [-0.1, -0.05) is 24.3 Å². The lowest BCUT2D eigenvalue weighted by molar-refractivity contribution is 0.0945. The topological polar surface area (TPSA) is 80.3 Å². The average Bonchev–Trinajstić information content (AvgIpc) is 3.62. The molecule has 152 valence electrons. The van der Waals surface area contributed by atoms with Gasteiger partial charge in [0, 0.05) is 30.2 Å². The fourth-order valence-electron chi connectivity index (χ4n) is 2.96. The predicted octanol–water partition coefficient (Wildman–Crippen LogP) is 4.05. The Morgan fingerprint density at radius 3 is 2.40 bits per heavy atom. The first kappa shape index (κ1) is 19.6. The van der Waals surface area contributed by atoms with Gasteiger partial charge < -0.3 is 15.4 Å². The summed E-state index contributed by atoms with van der Waals surface area (Å²) in [5, 5.41) is 5.74. The van der Waals surface area contributed by atoms with E-state index >= 15 is 0 Å². The molecule has 1 aromatic heterocycles. The highest BCUT2D eigenvalue weighted by Crippen LogP contribution is 2.30. The van der Waals surface area contributed by atoms with Crippen LogP contribution in [0.4, 0.5) is 5.69 Å². The number of aromatic nitrogens is 1. The van der Waals surface area contributed by atoms with Crippen molar-refractivity contribution in [3.63, 3.8) is 0 Å². The standard InChI is InChI=1S/C24H23N3O3/c28-23(27-20-11-13-25-14-12-20)19-9-7-17(8-10-19)15-26-24(29)21-3-1-2-4-22(21)30-16-18-5-6-18/h1-4,7-14,18H,5-6,15-16H2,(H,26,29)(H,25,27,28). The van der Waals surface area contributed by atoms with E-state index in [1.807, 2.05) is 30.3 Å². The zero-order valence-electron chi connectivity index (χ0n) is 16.5. The van der Waals surface area contributed by atoms with Crippen LogP contribution in [0.2, 0.25) is 0 Å². The normalized spacial score (nSPS) is 12.8. The van der Waals surface area contributed by atoms with Crippen LogP contribution in [0.15, 0.2) is 73.1 Å². The van der Waals surface area contributed by atoms with Crippen molar-refractivity contribution in [1.82, 2.24) is 10.3 Å². The van der Waals surface area contributed by atoms with E-state index in [1.165, 1.54) is 12.8 Å². The Balaban J connectivity index is 1.33. The molecular formula is C24H23N3O3. The number of hydrogen-bond acceptors (Lipinski definition) is 4. The molecule has 1 aliphatic carbocycles. The molecular weight excluding hydrogens is 378 g/mol. The molecule has 0 saturated heterocycles. The average molecular weight is 401 g/mol. The Bertz CT molecular complexity index is 1020. The van der Waals surface area contributed by atoms with Gasteiger partial charge in [0.25, 0.3) is 11.8 Å². The van der Waals surface area contributed by atoms with Crippen molar-refractivity contribution in [1.29, 1.82) is 0 Å². The summed E-state index contributed by atoms with van der Waals surface area (Å²) in [5.74, 6) is 0.861. The van der Waals surface area contributed by atoms with Gasteiger partial charge in [-0.2, -0.15) is 0 Å². The molecule has 0 bridgehead atoms. The number of ether oxygens (including phenoxy) is 1. The molecule has 0 unspecified atom stereocenters. The number of amides is 2. The second-order valence-corrected chi connectivity index (χ2v) is 7.32. The van der Waals surface area contributed by atoms with E-state index in [2.05, 4.69) is 15.6 Å². The van der Waals surface area contributed by atoms with Gasteiger partial charge in [0.05, 0.1) is 12.2 Å². The van der Waals surface area contributed by atoms with Crippen molar-refractivity contribution in [2.45, 2.75) is 19.4 Å². The van der Waals surface area contributed by atoms with Crippen molar-refractivity contribution in [2.75, 3.05) is 11.9 Å². The van der Waals surface area contributed by atoms with Gasteiger partial charge in [0.1, 0.15) is 5.75 Å². The van der Waals surface area contributed by atoms with Crippen molar-refractivity contribution in [2.24, 2.45) is 5.92 Å². The minimum atomic E-state index is -0.196. The summed E-state index contributed by atoms with van der Waals surface area (Å²) in [7, 11) is 0. The second kappa shape index (κ2) is 9.22. The van der Waals surface area contributed by atoms with Gasteiger partial charge in [-0.3, -0.25) is 14.6 Å². The molecule has 4 rings (SSSR count). The van der Waals surface area contributed by atoms with Crippen LogP contribution in [0, 0.1) is 5.92 Å². The molecule has 1 aliphatic rings. The maximum Gasteiger partial charge on any atom is 0.255 e. The molecule has 3 aromatic rings. The maximum absolute atomic E-state index is 12.6. The molecule has 0 radical (unpaired) electrons. The number of para-hydroxylation sites is 1. The summed E-state index contributed by atoms with van der Waals surface area (Å²) in [5.41, 5.74) is 2.67. The molecule has 0 aliphatic heterocycles. The number of pyridine rings is 1. The van der Waals surface area contributed by atoms with E-state index in [0.717, 1.165) is 5.56 Å². The molecule has 2 aromatic carbocycles. The van der Waals surface area contributed by atoms with Crippen molar-refractivity contribution >= 4 is 17.5 Å². The maximum atomic E-state index is 12.6. The Labute approximate surface area is 175 Å². The van der Waals surface area contributed by atoms with Gasteiger partial charge in [-0.05, 0) is 60.7 Å². The van der Waals surface area contributed by atoms with Crippen LogP contribution in [0.5, 0.6) is 5.75 Å². The van der Waals surface area contributed by atoms with Gasteiger partial charge in [0.2, 0.25) is 0 Å². The molecule has 1 fully saturated rings. The minimum Gasteiger partial charge on any atom is -0.492 e. The number of nitrogens with one attached hydrogen (secondary N) is 2. The lowest BCUT2D eigenvalue weighted by Gasteiger charge is -2.12. The largest absolute Gasteiger partial charge is 0.492 e.